The first-order valence-electron chi connectivity index (χ1n) is 9.57. The van der Waals surface area contributed by atoms with Gasteiger partial charge in [0, 0.05) is 50.0 Å². The third-order valence-electron chi connectivity index (χ3n) is 5.23. The maximum Gasteiger partial charge on any atom is 0.191 e. The Morgan fingerprint density at radius 2 is 1.72 bits per heavy atom. The first kappa shape index (κ1) is 23.5. The minimum absolute atomic E-state index is 0. The van der Waals surface area contributed by atoms with Crippen molar-refractivity contribution in [3.8, 4) is 5.75 Å². The molecule has 3 rings (SSSR count). The Labute approximate surface area is 183 Å². The van der Waals surface area contributed by atoms with Gasteiger partial charge in [0.1, 0.15) is 17.4 Å². The Morgan fingerprint density at radius 1 is 1.10 bits per heavy atom. The SMILES string of the molecule is COc1ccccc1Cc1c(N)nc(SCC(C)N2CCN(C)CC2)nc1N.Cl. The first-order valence-corrected chi connectivity index (χ1v) is 10.6. The number of anilines is 2. The Bertz CT molecular complexity index is 777. The first-order chi connectivity index (χ1) is 13.5. The number of methoxy groups -OCH3 is 1. The van der Waals surface area contributed by atoms with Crippen LogP contribution in [0.4, 0.5) is 11.6 Å². The van der Waals surface area contributed by atoms with Gasteiger partial charge in [-0.2, -0.15) is 0 Å². The van der Waals surface area contributed by atoms with E-state index < -0.39 is 0 Å². The molecule has 4 N–H and O–H groups in total. The predicted octanol–water partition coefficient (Wildman–Crippen LogP) is 2.39. The Balaban J connectivity index is 0.00000300. The minimum Gasteiger partial charge on any atom is -0.496 e. The molecule has 160 valence electrons. The number of nitrogens with zero attached hydrogens (tertiary/aromatic N) is 4. The summed E-state index contributed by atoms with van der Waals surface area (Å²) in [5.41, 5.74) is 14.2. The number of para-hydroxylation sites is 1. The van der Waals surface area contributed by atoms with E-state index in [4.69, 9.17) is 16.2 Å². The Kier molecular flexibility index (Phi) is 8.82. The fraction of sp³-hybridized carbons (Fsp3) is 0.500. The number of piperazine rings is 1. The molecular formula is C20H31ClN6OS. The fourth-order valence-electron chi connectivity index (χ4n) is 3.35. The zero-order valence-electron chi connectivity index (χ0n) is 17.3. The normalized spacial score (nSPS) is 16.2. The Morgan fingerprint density at radius 3 is 2.34 bits per heavy atom. The number of halogens is 1. The van der Waals surface area contributed by atoms with E-state index in [2.05, 4.69) is 33.7 Å². The lowest BCUT2D eigenvalue weighted by atomic mass is 10.1. The second kappa shape index (κ2) is 10.9. The van der Waals surface area contributed by atoms with E-state index in [0.717, 1.165) is 48.8 Å². The van der Waals surface area contributed by atoms with Crippen LogP contribution < -0.4 is 16.2 Å². The van der Waals surface area contributed by atoms with Gasteiger partial charge in [-0.05, 0) is 25.6 Å². The van der Waals surface area contributed by atoms with E-state index in [1.165, 1.54) is 0 Å². The summed E-state index contributed by atoms with van der Waals surface area (Å²) in [5, 5.41) is 0.639. The number of aromatic nitrogens is 2. The lowest BCUT2D eigenvalue weighted by Gasteiger charge is -2.36. The molecule has 0 bridgehead atoms. The van der Waals surface area contributed by atoms with Crippen LogP contribution in [0.2, 0.25) is 0 Å². The van der Waals surface area contributed by atoms with E-state index in [1.54, 1.807) is 18.9 Å². The van der Waals surface area contributed by atoms with Gasteiger partial charge < -0.3 is 21.1 Å². The number of hydrogen-bond acceptors (Lipinski definition) is 8. The van der Waals surface area contributed by atoms with E-state index in [9.17, 15) is 0 Å². The van der Waals surface area contributed by atoms with Crippen LogP contribution in [0.15, 0.2) is 29.4 Å². The molecule has 1 aliphatic rings. The third-order valence-corrected chi connectivity index (χ3v) is 6.32. The van der Waals surface area contributed by atoms with Crippen molar-refractivity contribution >= 4 is 35.8 Å². The second-order valence-corrected chi connectivity index (χ2v) is 8.23. The topological polar surface area (TPSA) is 93.5 Å². The van der Waals surface area contributed by atoms with Crippen LogP contribution in [0.5, 0.6) is 5.75 Å². The van der Waals surface area contributed by atoms with Gasteiger partial charge in [0.2, 0.25) is 0 Å². The van der Waals surface area contributed by atoms with Crippen LogP contribution in [0.3, 0.4) is 0 Å². The van der Waals surface area contributed by atoms with Crippen molar-refractivity contribution in [1.82, 2.24) is 19.8 Å². The number of likely N-dealkylation sites (N-methyl/N-ethyl adjacent to an activating group) is 1. The number of ether oxygens (including phenoxy) is 1. The largest absolute Gasteiger partial charge is 0.496 e. The van der Waals surface area contributed by atoms with Gasteiger partial charge in [0.15, 0.2) is 5.16 Å². The van der Waals surface area contributed by atoms with Crippen LogP contribution in [0.1, 0.15) is 18.1 Å². The zero-order chi connectivity index (χ0) is 20.1. The zero-order valence-corrected chi connectivity index (χ0v) is 18.9. The molecular weight excluding hydrogens is 408 g/mol. The number of thioether (sulfide) groups is 1. The molecule has 1 saturated heterocycles. The summed E-state index contributed by atoms with van der Waals surface area (Å²) in [4.78, 5) is 13.9. The molecule has 2 heterocycles. The van der Waals surface area contributed by atoms with Crippen LogP contribution in [0.25, 0.3) is 0 Å². The number of rotatable bonds is 7. The van der Waals surface area contributed by atoms with E-state index >= 15 is 0 Å². The van der Waals surface area contributed by atoms with Crippen LogP contribution in [-0.2, 0) is 6.42 Å². The molecule has 0 spiro atoms. The van der Waals surface area contributed by atoms with Crippen molar-refractivity contribution in [2.45, 2.75) is 24.5 Å². The number of benzene rings is 1. The molecule has 1 aromatic carbocycles. The number of nitrogens with two attached hydrogens (primary N) is 2. The van der Waals surface area contributed by atoms with Gasteiger partial charge in [-0.1, -0.05) is 30.0 Å². The van der Waals surface area contributed by atoms with Crippen molar-refractivity contribution in [3.63, 3.8) is 0 Å². The molecule has 0 radical (unpaired) electrons. The molecule has 0 saturated carbocycles. The summed E-state index contributed by atoms with van der Waals surface area (Å²) in [7, 11) is 3.83. The molecule has 1 unspecified atom stereocenters. The molecule has 1 aromatic heterocycles. The molecule has 1 aliphatic heterocycles. The summed E-state index contributed by atoms with van der Waals surface area (Å²) in [6.45, 7) is 6.68. The summed E-state index contributed by atoms with van der Waals surface area (Å²) in [5.74, 6) is 2.59. The molecule has 2 aromatic rings. The van der Waals surface area contributed by atoms with Crippen LogP contribution in [-0.4, -0.2) is 71.9 Å². The highest BCUT2D eigenvalue weighted by Gasteiger charge is 2.20. The molecule has 1 fully saturated rings. The molecule has 0 amide bonds. The molecule has 7 nitrogen and oxygen atoms in total. The standard InChI is InChI=1S/C20H30N6OS.ClH/c1-14(26-10-8-25(2)9-11-26)13-28-20-23-18(21)16(19(22)24-20)12-15-6-4-5-7-17(15)27-3;/h4-7,14H,8-13H2,1-3H3,(H4,21,22,23,24);1H. The molecule has 29 heavy (non-hydrogen) atoms. The van der Waals surface area contributed by atoms with Crippen molar-refractivity contribution < 1.29 is 4.74 Å². The molecule has 1 atom stereocenters. The average molecular weight is 439 g/mol. The maximum atomic E-state index is 6.22. The molecule has 9 heteroatoms. The summed E-state index contributed by atoms with van der Waals surface area (Å²) in [6.07, 6.45) is 0.546. The monoisotopic (exact) mass is 438 g/mol. The van der Waals surface area contributed by atoms with Gasteiger partial charge >= 0.3 is 0 Å². The number of nitrogen functional groups attached to an aromatic ring is 2. The summed E-state index contributed by atoms with van der Waals surface area (Å²) in [6, 6.07) is 8.28. The van der Waals surface area contributed by atoms with Crippen LogP contribution in [0, 0.1) is 0 Å². The molecule has 0 aliphatic carbocycles. The van der Waals surface area contributed by atoms with Gasteiger partial charge in [-0.15, -0.1) is 12.4 Å². The van der Waals surface area contributed by atoms with Gasteiger partial charge in [-0.3, -0.25) is 4.90 Å². The van der Waals surface area contributed by atoms with Gasteiger partial charge in [0.05, 0.1) is 7.11 Å². The highest BCUT2D eigenvalue weighted by atomic mass is 35.5. The lowest BCUT2D eigenvalue weighted by Crippen LogP contribution is -2.48. The lowest BCUT2D eigenvalue weighted by molar-refractivity contribution is 0.128. The summed E-state index contributed by atoms with van der Waals surface area (Å²) >= 11 is 1.61. The Hall–Kier alpha value is -1.74. The number of hydrogen-bond donors (Lipinski definition) is 2. The van der Waals surface area contributed by atoms with Crippen molar-refractivity contribution in [3.05, 3.63) is 35.4 Å². The van der Waals surface area contributed by atoms with E-state index in [-0.39, 0.29) is 12.4 Å². The van der Waals surface area contributed by atoms with E-state index in [0.29, 0.717) is 29.3 Å². The average Bonchev–Trinajstić information content (AvgIpc) is 2.69. The van der Waals surface area contributed by atoms with Crippen LogP contribution >= 0.6 is 24.2 Å². The second-order valence-electron chi connectivity index (χ2n) is 7.24. The van der Waals surface area contributed by atoms with E-state index in [1.807, 2.05) is 24.3 Å². The smallest absolute Gasteiger partial charge is 0.191 e. The van der Waals surface area contributed by atoms with Crippen molar-refractivity contribution in [1.29, 1.82) is 0 Å². The highest BCUT2D eigenvalue weighted by molar-refractivity contribution is 7.99. The fourth-order valence-corrected chi connectivity index (χ4v) is 4.27. The van der Waals surface area contributed by atoms with Gasteiger partial charge in [0.25, 0.3) is 0 Å². The van der Waals surface area contributed by atoms with Gasteiger partial charge in [-0.25, -0.2) is 9.97 Å². The highest BCUT2D eigenvalue weighted by Crippen LogP contribution is 2.28. The van der Waals surface area contributed by atoms with Crippen molar-refractivity contribution in [2.24, 2.45) is 0 Å². The summed E-state index contributed by atoms with van der Waals surface area (Å²) < 4.78 is 5.42. The quantitative estimate of drug-likeness (QED) is 0.502. The predicted molar refractivity (Wildman–Crippen MR) is 123 cm³/mol. The maximum absolute atomic E-state index is 6.22. The minimum atomic E-state index is 0. The van der Waals surface area contributed by atoms with Crippen molar-refractivity contribution in [2.75, 3.05) is 57.6 Å². The third kappa shape index (κ3) is 6.12.